The van der Waals surface area contributed by atoms with E-state index in [1.807, 2.05) is 0 Å². The van der Waals surface area contributed by atoms with Crippen molar-refractivity contribution in [3.63, 3.8) is 0 Å². The van der Waals surface area contributed by atoms with Gasteiger partial charge in [-0.15, -0.1) is 0 Å². The molecule has 0 heterocycles. The van der Waals surface area contributed by atoms with E-state index in [-0.39, 0.29) is 6.29 Å². The second-order valence-electron chi connectivity index (χ2n) is 2.44. The van der Waals surface area contributed by atoms with Crippen LogP contribution in [0, 0.1) is 0 Å². The van der Waals surface area contributed by atoms with Crippen molar-refractivity contribution in [1.29, 1.82) is 0 Å². The molecule has 2 atom stereocenters. The monoisotopic (exact) mass is 167 g/mol. The van der Waals surface area contributed by atoms with Gasteiger partial charge in [0, 0.05) is 0 Å². The Labute approximate surface area is 63.4 Å². The van der Waals surface area contributed by atoms with E-state index in [0.29, 0.717) is 0 Å². The van der Waals surface area contributed by atoms with Gasteiger partial charge in [0.2, 0.25) is 0 Å². The number of carbonyl (C=O) groups excluding carboxylic acids is 1. The van der Waals surface area contributed by atoms with Gasteiger partial charge in [0.1, 0.15) is 11.6 Å². The fourth-order valence-corrected chi connectivity index (χ4v) is 0.747. The van der Waals surface area contributed by atoms with Gasteiger partial charge in [-0.1, -0.05) is 0 Å². The van der Waals surface area contributed by atoms with Crippen LogP contribution in [0.4, 0.5) is 8.78 Å². The minimum absolute atomic E-state index is 0.0975. The molecule has 0 bridgehead atoms. The summed E-state index contributed by atoms with van der Waals surface area (Å²) in [6, 6.07) is -1.51. The Bertz CT molecular complexity index is 139. The highest BCUT2D eigenvalue weighted by atomic mass is 19.3. The fourth-order valence-electron chi connectivity index (χ4n) is 0.747. The van der Waals surface area contributed by atoms with E-state index < -0.39 is 18.1 Å². The first-order valence-corrected chi connectivity index (χ1v) is 3.10. The first-order valence-electron chi connectivity index (χ1n) is 3.10. The van der Waals surface area contributed by atoms with Crippen LogP contribution in [-0.2, 0) is 4.79 Å². The average molecular weight is 167 g/mol. The number of aliphatic hydroxyl groups is 1. The topological polar surface area (TPSA) is 49.3 Å². The number of likely N-dealkylation sites (N-methyl/N-ethyl adjacent to an activating group) is 1. The van der Waals surface area contributed by atoms with Crippen LogP contribution in [0.5, 0.6) is 0 Å². The smallest absolute Gasteiger partial charge is 0.256 e. The molecule has 0 aliphatic rings. The molecule has 0 unspecified atom stereocenters. The highest BCUT2D eigenvalue weighted by Gasteiger charge is 2.37. The minimum Gasteiger partial charge on any atom is -0.381 e. The predicted molar refractivity (Wildman–Crippen MR) is 35.5 cm³/mol. The summed E-state index contributed by atoms with van der Waals surface area (Å²) >= 11 is 0. The molecule has 0 aliphatic heterocycles. The molecular weight excluding hydrogens is 156 g/mol. The molecule has 11 heavy (non-hydrogen) atoms. The van der Waals surface area contributed by atoms with E-state index in [9.17, 15) is 13.6 Å². The van der Waals surface area contributed by atoms with Gasteiger partial charge in [0.15, 0.2) is 6.29 Å². The number of rotatable bonds is 4. The molecule has 0 radical (unpaired) electrons. The third kappa shape index (κ3) is 2.51. The molecule has 66 valence electrons. The van der Waals surface area contributed by atoms with Crippen molar-refractivity contribution in [1.82, 2.24) is 5.32 Å². The van der Waals surface area contributed by atoms with E-state index in [1.54, 1.807) is 0 Å². The van der Waals surface area contributed by atoms with Gasteiger partial charge >= 0.3 is 0 Å². The molecule has 3 nitrogen and oxygen atoms in total. The summed E-state index contributed by atoms with van der Waals surface area (Å²) in [6.45, 7) is 1.04. The first kappa shape index (κ1) is 10.4. The highest BCUT2D eigenvalue weighted by Crippen LogP contribution is 2.13. The molecule has 0 saturated heterocycles. The maximum atomic E-state index is 12.0. The normalized spacial score (nSPS) is 19.5. The van der Waals surface area contributed by atoms with Crippen molar-refractivity contribution in [2.45, 2.75) is 25.0 Å². The fraction of sp³-hybridized carbons (Fsp3) is 0.833. The Kier molecular flexibility index (Phi) is 3.54. The molecule has 2 N–H and O–H groups in total. The van der Waals surface area contributed by atoms with E-state index in [1.165, 1.54) is 7.05 Å². The van der Waals surface area contributed by atoms with Gasteiger partial charge in [-0.3, -0.25) is 0 Å². The van der Waals surface area contributed by atoms with Crippen molar-refractivity contribution < 1.29 is 18.7 Å². The molecule has 0 rings (SSSR count). The summed E-state index contributed by atoms with van der Waals surface area (Å²) < 4.78 is 24.0. The van der Waals surface area contributed by atoms with E-state index >= 15 is 0 Å². The third-order valence-corrected chi connectivity index (χ3v) is 1.43. The van der Waals surface area contributed by atoms with Crippen molar-refractivity contribution in [3.05, 3.63) is 0 Å². The Morgan fingerprint density at radius 2 is 2.09 bits per heavy atom. The molecule has 0 aromatic heterocycles. The highest BCUT2D eigenvalue weighted by molar-refractivity contribution is 5.62. The third-order valence-electron chi connectivity index (χ3n) is 1.43. The van der Waals surface area contributed by atoms with Crippen LogP contribution in [0.1, 0.15) is 6.92 Å². The van der Waals surface area contributed by atoms with Crippen LogP contribution in [0.15, 0.2) is 0 Å². The van der Waals surface area contributed by atoms with Gasteiger partial charge in [-0.25, -0.2) is 8.78 Å². The maximum absolute atomic E-state index is 12.0. The SMILES string of the molecule is CN[C@@H](C(F)F)[C@@](C)(O)C=O. The summed E-state index contributed by atoms with van der Waals surface area (Å²) in [6.07, 6.45) is -2.67. The Morgan fingerprint density at radius 3 is 2.18 bits per heavy atom. The zero-order valence-corrected chi connectivity index (χ0v) is 6.34. The van der Waals surface area contributed by atoms with Crippen LogP contribution in [0.3, 0.4) is 0 Å². The van der Waals surface area contributed by atoms with Crippen molar-refractivity contribution >= 4 is 6.29 Å². The van der Waals surface area contributed by atoms with E-state index in [4.69, 9.17) is 5.11 Å². The van der Waals surface area contributed by atoms with Crippen LogP contribution < -0.4 is 5.32 Å². The largest absolute Gasteiger partial charge is 0.381 e. The molecular formula is C6H11F2NO2. The zero-order valence-electron chi connectivity index (χ0n) is 6.34. The summed E-state index contributed by atoms with van der Waals surface area (Å²) in [5.41, 5.74) is -2.01. The van der Waals surface area contributed by atoms with Crippen LogP contribution >= 0.6 is 0 Å². The second kappa shape index (κ2) is 3.73. The summed E-state index contributed by atoms with van der Waals surface area (Å²) in [4.78, 5) is 10.1. The van der Waals surface area contributed by atoms with Crippen molar-refractivity contribution in [3.8, 4) is 0 Å². The molecule has 5 heteroatoms. The van der Waals surface area contributed by atoms with Crippen molar-refractivity contribution in [2.24, 2.45) is 0 Å². The molecule has 0 spiro atoms. The van der Waals surface area contributed by atoms with E-state index in [2.05, 4.69) is 5.32 Å². The van der Waals surface area contributed by atoms with Crippen LogP contribution in [-0.4, -0.2) is 36.5 Å². The summed E-state index contributed by atoms with van der Waals surface area (Å²) in [7, 11) is 1.26. The lowest BCUT2D eigenvalue weighted by atomic mass is 9.99. The number of hydrogen-bond donors (Lipinski definition) is 2. The molecule has 0 fully saturated rings. The lowest BCUT2D eigenvalue weighted by molar-refractivity contribution is -0.130. The molecule has 0 aromatic carbocycles. The second-order valence-corrected chi connectivity index (χ2v) is 2.44. The molecule has 0 aliphatic carbocycles. The summed E-state index contributed by atoms with van der Waals surface area (Å²) in [5.74, 6) is 0. The minimum atomic E-state index is -2.76. The zero-order chi connectivity index (χ0) is 9.07. The van der Waals surface area contributed by atoms with Gasteiger partial charge in [-0.05, 0) is 14.0 Å². The Balaban J connectivity index is 4.35. The number of hydrogen-bond acceptors (Lipinski definition) is 3. The van der Waals surface area contributed by atoms with Gasteiger partial charge in [-0.2, -0.15) is 0 Å². The maximum Gasteiger partial charge on any atom is 0.256 e. The summed E-state index contributed by atoms with van der Waals surface area (Å²) in [5, 5.41) is 11.2. The number of alkyl halides is 2. The number of nitrogens with one attached hydrogen (secondary N) is 1. The quantitative estimate of drug-likeness (QED) is 0.569. The molecule has 0 saturated carbocycles. The van der Waals surface area contributed by atoms with Crippen LogP contribution in [0.2, 0.25) is 0 Å². The molecule has 0 aromatic rings. The number of halogens is 2. The van der Waals surface area contributed by atoms with Gasteiger partial charge in [0.05, 0.1) is 0 Å². The first-order chi connectivity index (χ1) is 4.95. The lowest BCUT2D eigenvalue weighted by Crippen LogP contribution is -2.53. The van der Waals surface area contributed by atoms with Crippen molar-refractivity contribution in [2.75, 3.05) is 7.05 Å². The Morgan fingerprint density at radius 1 is 1.64 bits per heavy atom. The lowest BCUT2D eigenvalue weighted by Gasteiger charge is -2.26. The Hall–Kier alpha value is -0.550. The average Bonchev–Trinajstić information content (AvgIpc) is 1.88. The number of carbonyl (C=O) groups is 1. The standard InChI is InChI=1S/C6H11F2NO2/c1-6(11,3-10)4(9-2)5(7)8/h3-5,9,11H,1-2H3/t4-,6-/m0/s1. The molecule has 0 amide bonds. The predicted octanol–water partition coefficient (Wildman–Crippen LogP) is -0.211. The van der Waals surface area contributed by atoms with E-state index in [0.717, 1.165) is 6.92 Å². The van der Waals surface area contributed by atoms with Gasteiger partial charge in [0.25, 0.3) is 6.43 Å². The van der Waals surface area contributed by atoms with Gasteiger partial charge < -0.3 is 15.2 Å². The number of aldehydes is 1. The van der Waals surface area contributed by atoms with Crippen LogP contribution in [0.25, 0.3) is 0 Å².